The highest BCUT2D eigenvalue weighted by atomic mass is 19.1. The van der Waals surface area contributed by atoms with Crippen molar-refractivity contribution in [2.24, 2.45) is 5.92 Å². The van der Waals surface area contributed by atoms with Crippen molar-refractivity contribution in [3.63, 3.8) is 0 Å². The minimum atomic E-state index is -0.805. The second-order valence-corrected chi connectivity index (χ2v) is 7.09. The van der Waals surface area contributed by atoms with E-state index < -0.39 is 17.5 Å². The van der Waals surface area contributed by atoms with Gasteiger partial charge in [-0.2, -0.15) is 0 Å². The number of hydrogen-bond donors (Lipinski definition) is 2. The normalized spacial score (nSPS) is 22.6. The Morgan fingerprint density at radius 2 is 2.04 bits per heavy atom. The van der Waals surface area contributed by atoms with Crippen LogP contribution in [0.2, 0.25) is 0 Å². The Balaban J connectivity index is 1.63. The second kappa shape index (κ2) is 8.65. The molecule has 2 amide bonds. The first kappa shape index (κ1) is 19.5. The number of ether oxygens (including phenoxy) is 1. The molecular formula is C19H25F2N3O3. The van der Waals surface area contributed by atoms with Gasteiger partial charge in [-0.15, -0.1) is 0 Å². The minimum Gasteiger partial charge on any atom is -0.493 e. The van der Waals surface area contributed by atoms with E-state index in [1.165, 1.54) is 12.0 Å². The van der Waals surface area contributed by atoms with Crippen LogP contribution in [0.25, 0.3) is 0 Å². The number of benzene rings is 1. The van der Waals surface area contributed by atoms with E-state index in [9.17, 15) is 18.4 Å². The summed E-state index contributed by atoms with van der Waals surface area (Å²) in [6.07, 6.45) is 3.43. The van der Waals surface area contributed by atoms with E-state index in [1.54, 1.807) is 0 Å². The summed E-state index contributed by atoms with van der Waals surface area (Å²) in [6, 6.07) is 1.73. The van der Waals surface area contributed by atoms with Crippen LogP contribution in [0.5, 0.6) is 5.75 Å². The lowest BCUT2D eigenvalue weighted by molar-refractivity contribution is -0.123. The molecule has 0 aromatic heterocycles. The highest BCUT2D eigenvalue weighted by Crippen LogP contribution is 2.28. The Bertz CT molecular complexity index is 708. The molecule has 3 rings (SSSR count). The predicted molar refractivity (Wildman–Crippen MR) is 95.6 cm³/mol. The molecule has 2 saturated heterocycles. The summed E-state index contributed by atoms with van der Waals surface area (Å²) in [5.74, 6) is -2.47. The monoisotopic (exact) mass is 381 g/mol. The van der Waals surface area contributed by atoms with Gasteiger partial charge < -0.3 is 20.3 Å². The number of hydrogen-bond acceptors (Lipinski definition) is 4. The van der Waals surface area contributed by atoms with Gasteiger partial charge in [0.15, 0.2) is 11.6 Å². The zero-order valence-electron chi connectivity index (χ0n) is 15.4. The first-order valence-electron chi connectivity index (χ1n) is 9.33. The van der Waals surface area contributed by atoms with Gasteiger partial charge in [0.25, 0.3) is 5.91 Å². The number of methoxy groups -OCH3 is 1. The molecule has 0 aliphatic carbocycles. The summed E-state index contributed by atoms with van der Waals surface area (Å²) in [4.78, 5) is 26.4. The standard InChI is InChI=1S/C19H25F2N3O3/c1-27-17-14(21)7-6-13(20)16(17)19(26)24-9-3-4-12(11-24)10-23-18(25)15-5-2-8-22-15/h6-7,12,15,22H,2-5,8-11H2,1H3,(H,23,25). The molecule has 2 fully saturated rings. The molecule has 0 radical (unpaired) electrons. The summed E-state index contributed by atoms with van der Waals surface area (Å²) < 4.78 is 33.0. The predicted octanol–water partition coefficient (Wildman–Crippen LogP) is 1.69. The number of nitrogens with one attached hydrogen (secondary N) is 2. The number of nitrogens with zero attached hydrogens (tertiary/aromatic N) is 1. The summed E-state index contributed by atoms with van der Waals surface area (Å²) in [5, 5.41) is 6.09. The van der Waals surface area contributed by atoms with Crippen LogP contribution in [0.15, 0.2) is 12.1 Å². The van der Waals surface area contributed by atoms with Crippen LogP contribution in [-0.4, -0.2) is 56.0 Å². The molecule has 2 aliphatic heterocycles. The highest BCUT2D eigenvalue weighted by Gasteiger charge is 2.30. The summed E-state index contributed by atoms with van der Waals surface area (Å²) in [6.45, 7) is 2.16. The number of carbonyl (C=O) groups excluding carboxylic acids is 2. The van der Waals surface area contributed by atoms with Crippen molar-refractivity contribution < 1.29 is 23.1 Å². The quantitative estimate of drug-likeness (QED) is 0.815. The maximum absolute atomic E-state index is 14.2. The molecule has 27 heavy (non-hydrogen) atoms. The Kier molecular flexibility index (Phi) is 6.26. The number of rotatable bonds is 5. The fraction of sp³-hybridized carbons (Fsp3) is 0.579. The number of halogens is 2. The van der Waals surface area contributed by atoms with Gasteiger partial charge >= 0.3 is 0 Å². The van der Waals surface area contributed by atoms with Gasteiger partial charge in [-0.25, -0.2) is 8.78 Å². The molecule has 1 aromatic rings. The van der Waals surface area contributed by atoms with Gasteiger partial charge in [-0.05, 0) is 50.3 Å². The van der Waals surface area contributed by atoms with Gasteiger partial charge in [-0.1, -0.05) is 0 Å². The molecule has 1 aromatic carbocycles. The van der Waals surface area contributed by atoms with Gasteiger partial charge in [-0.3, -0.25) is 9.59 Å². The smallest absolute Gasteiger partial charge is 0.260 e. The third-order valence-corrected chi connectivity index (χ3v) is 5.22. The maximum Gasteiger partial charge on any atom is 0.260 e. The minimum absolute atomic E-state index is 0.0196. The SMILES string of the molecule is COc1c(F)ccc(F)c1C(=O)N1CCCC(CNC(=O)C2CCCN2)C1. The zero-order valence-corrected chi connectivity index (χ0v) is 15.4. The van der Waals surface area contributed by atoms with Crippen LogP contribution in [-0.2, 0) is 4.79 Å². The van der Waals surface area contributed by atoms with Crippen molar-refractivity contribution in [3.05, 3.63) is 29.3 Å². The van der Waals surface area contributed by atoms with Crippen LogP contribution >= 0.6 is 0 Å². The van der Waals surface area contributed by atoms with Crippen molar-refractivity contribution in [1.29, 1.82) is 0 Å². The third kappa shape index (κ3) is 4.37. The van der Waals surface area contributed by atoms with Gasteiger partial charge in [0, 0.05) is 19.6 Å². The lowest BCUT2D eigenvalue weighted by Gasteiger charge is -2.33. The molecule has 0 saturated carbocycles. The average molecular weight is 381 g/mol. The van der Waals surface area contributed by atoms with Crippen LogP contribution in [0, 0.1) is 17.6 Å². The molecule has 0 bridgehead atoms. The number of carbonyl (C=O) groups is 2. The third-order valence-electron chi connectivity index (χ3n) is 5.22. The second-order valence-electron chi connectivity index (χ2n) is 7.09. The largest absolute Gasteiger partial charge is 0.493 e. The molecule has 6 nitrogen and oxygen atoms in total. The first-order chi connectivity index (χ1) is 13.0. The van der Waals surface area contributed by atoms with Crippen molar-refractivity contribution in [2.75, 3.05) is 33.3 Å². The zero-order chi connectivity index (χ0) is 19.4. The van der Waals surface area contributed by atoms with Crippen molar-refractivity contribution in [1.82, 2.24) is 15.5 Å². The Labute approximate surface area is 157 Å². The Morgan fingerprint density at radius 1 is 1.26 bits per heavy atom. The van der Waals surface area contributed by atoms with E-state index in [-0.39, 0.29) is 29.2 Å². The number of likely N-dealkylation sites (tertiary alicyclic amines) is 1. The Hall–Kier alpha value is -2.22. The molecule has 2 aliphatic rings. The topological polar surface area (TPSA) is 70.7 Å². The van der Waals surface area contributed by atoms with Crippen LogP contribution in [0.3, 0.4) is 0 Å². The lowest BCUT2D eigenvalue weighted by atomic mass is 9.97. The summed E-state index contributed by atoms with van der Waals surface area (Å²) >= 11 is 0. The molecule has 0 spiro atoms. The van der Waals surface area contributed by atoms with Gasteiger partial charge in [0.2, 0.25) is 5.91 Å². The van der Waals surface area contributed by atoms with E-state index in [4.69, 9.17) is 4.74 Å². The molecule has 2 heterocycles. The van der Waals surface area contributed by atoms with E-state index in [1.807, 2.05) is 0 Å². The maximum atomic E-state index is 14.2. The van der Waals surface area contributed by atoms with E-state index in [2.05, 4.69) is 10.6 Å². The van der Waals surface area contributed by atoms with E-state index >= 15 is 0 Å². The fourth-order valence-corrected chi connectivity index (χ4v) is 3.78. The molecule has 2 unspecified atom stereocenters. The fourth-order valence-electron chi connectivity index (χ4n) is 3.78. The summed E-state index contributed by atoms with van der Waals surface area (Å²) in [7, 11) is 1.21. The van der Waals surface area contributed by atoms with Crippen LogP contribution in [0.1, 0.15) is 36.0 Å². The van der Waals surface area contributed by atoms with Gasteiger partial charge in [0.1, 0.15) is 11.4 Å². The highest BCUT2D eigenvalue weighted by molar-refractivity contribution is 5.97. The average Bonchev–Trinajstić information content (AvgIpc) is 3.22. The molecule has 148 valence electrons. The molecule has 2 N–H and O–H groups in total. The number of amides is 2. The molecule has 2 atom stereocenters. The van der Waals surface area contributed by atoms with Crippen LogP contribution in [0.4, 0.5) is 8.78 Å². The lowest BCUT2D eigenvalue weighted by Crippen LogP contribution is -2.46. The molecular weight excluding hydrogens is 356 g/mol. The van der Waals surface area contributed by atoms with E-state index in [0.29, 0.717) is 19.6 Å². The van der Waals surface area contributed by atoms with Crippen molar-refractivity contribution in [3.8, 4) is 5.75 Å². The first-order valence-corrected chi connectivity index (χ1v) is 9.33. The number of piperidine rings is 1. The van der Waals surface area contributed by atoms with Crippen molar-refractivity contribution in [2.45, 2.75) is 31.7 Å². The molecule has 8 heteroatoms. The van der Waals surface area contributed by atoms with Gasteiger partial charge in [0.05, 0.1) is 13.2 Å². The van der Waals surface area contributed by atoms with E-state index in [0.717, 1.165) is 44.4 Å². The Morgan fingerprint density at radius 3 is 2.74 bits per heavy atom. The van der Waals surface area contributed by atoms with Crippen LogP contribution < -0.4 is 15.4 Å². The summed E-state index contributed by atoms with van der Waals surface area (Å²) in [5.41, 5.74) is -0.377. The van der Waals surface area contributed by atoms with Crippen molar-refractivity contribution >= 4 is 11.8 Å².